The molecule has 2 N–H and O–H groups in total. The zero-order valence-corrected chi connectivity index (χ0v) is 18.0. The van der Waals surface area contributed by atoms with E-state index < -0.39 is 10.0 Å². The molecular formula is C21H25N3O3S2. The number of amides is 1. The summed E-state index contributed by atoms with van der Waals surface area (Å²) in [5, 5.41) is 2.84. The second-order valence-electron chi connectivity index (χ2n) is 7.55. The standard InChI is InChI=1S/C21H25N3O3S2/c1-15-14-28-20-7-6-18(12-19(20)23-21(15)25)29(26,27)22-9-11-24-10-8-16-4-2-3-5-17(16)13-24/h2-7,12,15,22H,8-11,13-14H2,1H3,(H,23,25). The minimum absolute atomic E-state index is 0.0795. The first-order valence-corrected chi connectivity index (χ1v) is 12.3. The van der Waals surface area contributed by atoms with E-state index in [1.165, 1.54) is 11.1 Å². The van der Waals surface area contributed by atoms with E-state index in [9.17, 15) is 13.2 Å². The van der Waals surface area contributed by atoms with E-state index in [1.807, 2.05) is 13.0 Å². The molecule has 0 aromatic heterocycles. The van der Waals surface area contributed by atoms with Crippen LogP contribution in [-0.2, 0) is 27.8 Å². The van der Waals surface area contributed by atoms with Crippen LogP contribution < -0.4 is 10.0 Å². The maximum Gasteiger partial charge on any atom is 0.240 e. The Morgan fingerprint density at radius 3 is 2.83 bits per heavy atom. The molecular weight excluding hydrogens is 406 g/mol. The minimum atomic E-state index is -3.64. The maximum absolute atomic E-state index is 12.7. The molecule has 29 heavy (non-hydrogen) atoms. The average Bonchev–Trinajstić information content (AvgIpc) is 2.85. The number of nitrogens with zero attached hydrogens (tertiary/aromatic N) is 1. The highest BCUT2D eigenvalue weighted by Crippen LogP contribution is 2.34. The molecule has 2 aliphatic rings. The van der Waals surface area contributed by atoms with E-state index >= 15 is 0 Å². The highest BCUT2D eigenvalue weighted by atomic mass is 32.2. The van der Waals surface area contributed by atoms with Crippen molar-refractivity contribution < 1.29 is 13.2 Å². The van der Waals surface area contributed by atoms with E-state index in [0.717, 1.165) is 24.4 Å². The molecule has 2 aromatic carbocycles. The van der Waals surface area contributed by atoms with Gasteiger partial charge < -0.3 is 5.32 Å². The predicted molar refractivity (Wildman–Crippen MR) is 116 cm³/mol. The predicted octanol–water partition coefficient (Wildman–Crippen LogP) is 2.70. The molecule has 0 radical (unpaired) electrons. The summed E-state index contributed by atoms with van der Waals surface area (Å²) in [7, 11) is -3.64. The molecule has 2 aromatic rings. The van der Waals surface area contributed by atoms with Gasteiger partial charge in [0.2, 0.25) is 15.9 Å². The number of nitrogens with one attached hydrogen (secondary N) is 2. The third kappa shape index (κ3) is 4.66. The number of hydrogen-bond acceptors (Lipinski definition) is 5. The van der Waals surface area contributed by atoms with Crippen LogP contribution in [-0.4, -0.2) is 44.6 Å². The van der Waals surface area contributed by atoms with E-state index in [4.69, 9.17) is 0 Å². The van der Waals surface area contributed by atoms with Gasteiger partial charge in [-0.15, -0.1) is 11.8 Å². The van der Waals surface area contributed by atoms with Crippen molar-refractivity contribution >= 4 is 33.4 Å². The second kappa shape index (κ2) is 8.47. The van der Waals surface area contributed by atoms with Gasteiger partial charge in [-0.1, -0.05) is 31.2 Å². The van der Waals surface area contributed by atoms with E-state index in [1.54, 1.807) is 30.0 Å². The molecule has 6 nitrogen and oxygen atoms in total. The number of benzene rings is 2. The van der Waals surface area contributed by atoms with Crippen molar-refractivity contribution in [3.63, 3.8) is 0 Å². The summed E-state index contributed by atoms with van der Waals surface area (Å²) < 4.78 is 28.2. The lowest BCUT2D eigenvalue weighted by Gasteiger charge is -2.28. The Labute approximate surface area is 176 Å². The number of fused-ring (bicyclic) bond motifs is 2. The highest BCUT2D eigenvalue weighted by molar-refractivity contribution is 7.99. The van der Waals surface area contributed by atoms with E-state index in [2.05, 4.69) is 33.1 Å². The first-order chi connectivity index (χ1) is 13.9. The molecule has 1 amide bonds. The Bertz CT molecular complexity index is 1020. The van der Waals surface area contributed by atoms with Gasteiger partial charge in [0.25, 0.3) is 0 Å². The number of hydrogen-bond donors (Lipinski definition) is 2. The average molecular weight is 432 g/mol. The maximum atomic E-state index is 12.7. The molecule has 2 heterocycles. The quantitative estimate of drug-likeness (QED) is 0.761. The minimum Gasteiger partial charge on any atom is -0.325 e. The molecule has 8 heteroatoms. The molecule has 0 saturated heterocycles. The van der Waals surface area contributed by atoms with Gasteiger partial charge in [-0.3, -0.25) is 9.69 Å². The molecule has 2 aliphatic heterocycles. The summed E-state index contributed by atoms with van der Waals surface area (Å²) in [6, 6.07) is 13.3. The lowest BCUT2D eigenvalue weighted by atomic mass is 10.0. The summed E-state index contributed by atoms with van der Waals surface area (Å²) in [5.74, 6) is 0.492. The normalized spacial score (nSPS) is 19.8. The monoisotopic (exact) mass is 431 g/mol. The Morgan fingerprint density at radius 1 is 1.21 bits per heavy atom. The van der Waals surface area contributed by atoms with Crippen LogP contribution in [0.25, 0.3) is 0 Å². The SMILES string of the molecule is CC1CSc2ccc(S(=O)(=O)NCCN3CCc4ccccc4C3)cc2NC1=O. The van der Waals surface area contributed by atoms with Crippen molar-refractivity contribution in [3.05, 3.63) is 53.6 Å². The Balaban J connectivity index is 1.38. The molecule has 154 valence electrons. The molecule has 1 atom stereocenters. The fourth-order valence-corrected chi connectivity index (χ4v) is 5.67. The lowest BCUT2D eigenvalue weighted by Crippen LogP contribution is -2.37. The van der Waals surface area contributed by atoms with Crippen LogP contribution in [0.4, 0.5) is 5.69 Å². The molecule has 0 spiro atoms. The van der Waals surface area contributed by atoms with Crippen molar-refractivity contribution in [1.29, 1.82) is 0 Å². The van der Waals surface area contributed by atoms with Gasteiger partial charge in [0.05, 0.1) is 10.6 Å². The molecule has 0 bridgehead atoms. The third-order valence-electron chi connectivity index (χ3n) is 5.39. The molecule has 0 fully saturated rings. The molecule has 1 unspecified atom stereocenters. The molecule has 4 rings (SSSR count). The van der Waals surface area contributed by atoms with Gasteiger partial charge in [0, 0.05) is 42.7 Å². The summed E-state index contributed by atoms with van der Waals surface area (Å²) in [6.07, 6.45) is 0.990. The van der Waals surface area contributed by atoms with Crippen LogP contribution >= 0.6 is 11.8 Å². The molecule has 0 aliphatic carbocycles. The molecule has 0 saturated carbocycles. The second-order valence-corrected chi connectivity index (χ2v) is 10.4. The smallest absolute Gasteiger partial charge is 0.240 e. The number of carbonyl (C=O) groups is 1. The van der Waals surface area contributed by atoms with Gasteiger partial charge in [0.15, 0.2) is 0 Å². The first-order valence-electron chi connectivity index (χ1n) is 9.79. The number of thioether (sulfide) groups is 1. The lowest BCUT2D eigenvalue weighted by molar-refractivity contribution is -0.118. The summed E-state index contributed by atoms with van der Waals surface area (Å²) in [4.78, 5) is 15.4. The Hall–Kier alpha value is -1.87. The Morgan fingerprint density at radius 2 is 2.00 bits per heavy atom. The van der Waals surface area contributed by atoms with Crippen LogP contribution in [0, 0.1) is 5.92 Å². The fourth-order valence-electron chi connectivity index (χ4n) is 3.61. The topological polar surface area (TPSA) is 78.5 Å². The van der Waals surface area contributed by atoms with Crippen LogP contribution in [0.5, 0.6) is 0 Å². The van der Waals surface area contributed by atoms with Gasteiger partial charge >= 0.3 is 0 Å². The van der Waals surface area contributed by atoms with Crippen molar-refractivity contribution in [2.24, 2.45) is 5.92 Å². The van der Waals surface area contributed by atoms with E-state index in [0.29, 0.717) is 24.5 Å². The number of carbonyl (C=O) groups excluding carboxylic acids is 1. The summed E-state index contributed by atoms with van der Waals surface area (Å²) in [5.41, 5.74) is 3.26. The Kier molecular flexibility index (Phi) is 5.96. The fraction of sp³-hybridized carbons (Fsp3) is 0.381. The van der Waals surface area contributed by atoms with Gasteiger partial charge in [0.1, 0.15) is 0 Å². The van der Waals surface area contributed by atoms with Crippen LogP contribution in [0.1, 0.15) is 18.1 Å². The first kappa shape index (κ1) is 20.4. The van der Waals surface area contributed by atoms with Gasteiger partial charge in [-0.2, -0.15) is 0 Å². The zero-order chi connectivity index (χ0) is 20.4. The van der Waals surface area contributed by atoms with Crippen molar-refractivity contribution in [2.45, 2.75) is 29.7 Å². The summed E-state index contributed by atoms with van der Waals surface area (Å²) >= 11 is 1.57. The number of anilines is 1. The van der Waals surface area contributed by atoms with Crippen LogP contribution in [0.2, 0.25) is 0 Å². The van der Waals surface area contributed by atoms with Crippen molar-refractivity contribution in [2.75, 3.05) is 30.7 Å². The van der Waals surface area contributed by atoms with Crippen molar-refractivity contribution in [1.82, 2.24) is 9.62 Å². The summed E-state index contributed by atoms with van der Waals surface area (Å²) in [6.45, 7) is 4.64. The zero-order valence-electron chi connectivity index (χ0n) is 16.3. The van der Waals surface area contributed by atoms with Crippen LogP contribution in [0.3, 0.4) is 0 Å². The highest BCUT2D eigenvalue weighted by Gasteiger charge is 2.23. The van der Waals surface area contributed by atoms with Gasteiger partial charge in [-0.05, 0) is 35.7 Å². The van der Waals surface area contributed by atoms with Crippen LogP contribution in [0.15, 0.2) is 52.3 Å². The number of sulfonamides is 1. The van der Waals surface area contributed by atoms with Crippen molar-refractivity contribution in [3.8, 4) is 0 Å². The van der Waals surface area contributed by atoms with E-state index in [-0.39, 0.29) is 16.7 Å². The largest absolute Gasteiger partial charge is 0.325 e. The van der Waals surface area contributed by atoms with Gasteiger partial charge in [-0.25, -0.2) is 13.1 Å². The third-order valence-corrected chi connectivity index (χ3v) is 8.18. The number of rotatable bonds is 5.